The summed E-state index contributed by atoms with van der Waals surface area (Å²) >= 11 is 6.27. The number of hydrogen-bond donors (Lipinski definition) is 0. The lowest BCUT2D eigenvalue weighted by atomic mass is 10.1. The Morgan fingerprint density at radius 2 is 1.57 bits per heavy atom. The number of ether oxygens (including phenoxy) is 2. The first-order valence-electron chi connectivity index (χ1n) is 7.73. The van der Waals surface area contributed by atoms with Gasteiger partial charge < -0.3 is 9.47 Å². The Labute approximate surface area is 132 Å². The molecule has 2 rings (SSSR count). The van der Waals surface area contributed by atoms with Crippen molar-refractivity contribution in [1.29, 1.82) is 0 Å². The van der Waals surface area contributed by atoms with Gasteiger partial charge in [-0.3, -0.25) is 0 Å². The van der Waals surface area contributed by atoms with E-state index in [0.717, 1.165) is 54.6 Å². The third-order valence-corrected chi connectivity index (χ3v) is 3.68. The van der Waals surface area contributed by atoms with Crippen molar-refractivity contribution < 1.29 is 9.47 Å². The van der Waals surface area contributed by atoms with Crippen molar-refractivity contribution >= 4 is 22.4 Å². The molecule has 0 aliphatic heterocycles. The highest BCUT2D eigenvalue weighted by Crippen LogP contribution is 2.32. The van der Waals surface area contributed by atoms with E-state index in [0.29, 0.717) is 11.6 Å². The van der Waals surface area contributed by atoms with Crippen LogP contribution >= 0.6 is 11.6 Å². The maximum absolute atomic E-state index is 6.27. The zero-order chi connectivity index (χ0) is 15.1. The summed E-state index contributed by atoms with van der Waals surface area (Å²) in [6.07, 6.45) is 4.36. The standard InChI is InChI=1S/C18H23ClO2/c1-3-5-9-20-16-8-7-14-12-17(19)18(13-15(14)11-16)21-10-6-4-2/h7-8,11-13H,3-6,9-10H2,1-2H3. The van der Waals surface area contributed by atoms with Crippen molar-refractivity contribution in [1.82, 2.24) is 0 Å². The largest absolute Gasteiger partial charge is 0.494 e. The highest BCUT2D eigenvalue weighted by molar-refractivity contribution is 6.32. The number of halogens is 1. The van der Waals surface area contributed by atoms with Crippen molar-refractivity contribution in [3.63, 3.8) is 0 Å². The topological polar surface area (TPSA) is 18.5 Å². The number of hydrogen-bond acceptors (Lipinski definition) is 2. The molecule has 114 valence electrons. The third kappa shape index (κ3) is 4.53. The van der Waals surface area contributed by atoms with Gasteiger partial charge >= 0.3 is 0 Å². The van der Waals surface area contributed by atoms with E-state index in [9.17, 15) is 0 Å². The molecule has 0 aliphatic rings. The smallest absolute Gasteiger partial charge is 0.138 e. The van der Waals surface area contributed by atoms with Gasteiger partial charge in [-0.25, -0.2) is 0 Å². The second-order valence-electron chi connectivity index (χ2n) is 5.20. The molecule has 0 saturated heterocycles. The van der Waals surface area contributed by atoms with Gasteiger partial charge in [0.1, 0.15) is 11.5 Å². The molecule has 3 heteroatoms. The maximum Gasteiger partial charge on any atom is 0.138 e. The maximum atomic E-state index is 6.27. The second-order valence-corrected chi connectivity index (χ2v) is 5.60. The number of benzene rings is 2. The molecule has 0 atom stereocenters. The number of fused-ring (bicyclic) bond motifs is 1. The molecule has 0 heterocycles. The summed E-state index contributed by atoms with van der Waals surface area (Å²) in [6.45, 7) is 5.76. The molecule has 0 fully saturated rings. The van der Waals surface area contributed by atoms with Crippen LogP contribution < -0.4 is 9.47 Å². The molecule has 0 aromatic heterocycles. The SMILES string of the molecule is CCCCOc1ccc2cc(Cl)c(OCCCC)cc2c1. The molecule has 2 nitrogen and oxygen atoms in total. The molecule has 0 aliphatic carbocycles. The molecule has 0 unspecified atom stereocenters. The normalized spacial score (nSPS) is 10.8. The third-order valence-electron chi connectivity index (χ3n) is 3.38. The Hall–Kier alpha value is -1.41. The average Bonchev–Trinajstić information content (AvgIpc) is 2.48. The minimum absolute atomic E-state index is 0.665. The molecule has 0 amide bonds. The van der Waals surface area contributed by atoms with Crippen molar-refractivity contribution in [3.05, 3.63) is 35.4 Å². The summed E-state index contributed by atoms with van der Waals surface area (Å²) in [5.41, 5.74) is 0. The summed E-state index contributed by atoms with van der Waals surface area (Å²) in [6, 6.07) is 10.0. The Bertz CT molecular complexity index is 581. The summed E-state index contributed by atoms with van der Waals surface area (Å²) in [5.74, 6) is 1.65. The van der Waals surface area contributed by atoms with E-state index in [1.807, 2.05) is 30.3 Å². The average molecular weight is 307 g/mol. The molecule has 0 N–H and O–H groups in total. The van der Waals surface area contributed by atoms with E-state index in [4.69, 9.17) is 21.1 Å². The van der Waals surface area contributed by atoms with E-state index in [2.05, 4.69) is 13.8 Å². The summed E-state index contributed by atoms with van der Waals surface area (Å²) in [5, 5.41) is 2.86. The van der Waals surface area contributed by atoms with Crippen molar-refractivity contribution in [2.75, 3.05) is 13.2 Å². The number of unbranched alkanes of at least 4 members (excludes halogenated alkanes) is 2. The summed E-state index contributed by atoms with van der Waals surface area (Å²) < 4.78 is 11.5. The highest BCUT2D eigenvalue weighted by atomic mass is 35.5. The van der Waals surface area contributed by atoms with Crippen LogP contribution in [0.25, 0.3) is 10.8 Å². The van der Waals surface area contributed by atoms with Crippen LogP contribution in [0.4, 0.5) is 0 Å². The van der Waals surface area contributed by atoms with Gasteiger partial charge in [-0.2, -0.15) is 0 Å². The van der Waals surface area contributed by atoms with E-state index in [-0.39, 0.29) is 0 Å². The van der Waals surface area contributed by atoms with E-state index in [1.54, 1.807) is 0 Å². The van der Waals surface area contributed by atoms with Gasteiger partial charge in [0.25, 0.3) is 0 Å². The Morgan fingerprint density at radius 3 is 2.29 bits per heavy atom. The molecule has 0 radical (unpaired) electrons. The first kappa shape index (κ1) is 16.0. The zero-order valence-corrected chi connectivity index (χ0v) is 13.6. The molecule has 0 saturated carbocycles. The molecule has 2 aromatic carbocycles. The Kier molecular flexibility index (Phi) is 6.19. The first-order chi connectivity index (χ1) is 10.2. The van der Waals surface area contributed by atoms with Gasteiger partial charge in [-0.1, -0.05) is 44.4 Å². The molecular weight excluding hydrogens is 284 g/mol. The van der Waals surface area contributed by atoms with E-state index >= 15 is 0 Å². The van der Waals surface area contributed by atoms with Gasteiger partial charge in [0.05, 0.1) is 18.2 Å². The lowest BCUT2D eigenvalue weighted by Crippen LogP contribution is -1.98. The van der Waals surface area contributed by atoms with Crippen LogP contribution in [-0.4, -0.2) is 13.2 Å². The lowest BCUT2D eigenvalue weighted by Gasteiger charge is -2.11. The zero-order valence-electron chi connectivity index (χ0n) is 12.8. The van der Waals surface area contributed by atoms with Gasteiger partial charge in [-0.05, 0) is 47.9 Å². The predicted molar refractivity (Wildman–Crippen MR) is 89.8 cm³/mol. The quantitative estimate of drug-likeness (QED) is 0.569. The van der Waals surface area contributed by atoms with Gasteiger partial charge in [-0.15, -0.1) is 0 Å². The second kappa shape index (κ2) is 8.14. The van der Waals surface area contributed by atoms with Crippen molar-refractivity contribution in [2.24, 2.45) is 0 Å². The molecule has 21 heavy (non-hydrogen) atoms. The first-order valence-corrected chi connectivity index (χ1v) is 8.11. The predicted octanol–water partition coefficient (Wildman–Crippen LogP) is 5.85. The highest BCUT2D eigenvalue weighted by Gasteiger charge is 2.06. The molecule has 0 bridgehead atoms. The monoisotopic (exact) mass is 306 g/mol. The van der Waals surface area contributed by atoms with Crippen LogP contribution in [0.15, 0.2) is 30.3 Å². The van der Waals surface area contributed by atoms with Gasteiger partial charge in [0, 0.05) is 0 Å². The Morgan fingerprint density at radius 1 is 0.857 bits per heavy atom. The van der Waals surface area contributed by atoms with Crippen molar-refractivity contribution in [2.45, 2.75) is 39.5 Å². The van der Waals surface area contributed by atoms with Gasteiger partial charge in [0.2, 0.25) is 0 Å². The fraction of sp³-hybridized carbons (Fsp3) is 0.444. The molecule has 2 aromatic rings. The van der Waals surface area contributed by atoms with Crippen LogP contribution in [0, 0.1) is 0 Å². The van der Waals surface area contributed by atoms with Crippen LogP contribution in [0.2, 0.25) is 5.02 Å². The van der Waals surface area contributed by atoms with Crippen LogP contribution in [0.3, 0.4) is 0 Å². The van der Waals surface area contributed by atoms with Crippen LogP contribution in [-0.2, 0) is 0 Å². The minimum Gasteiger partial charge on any atom is -0.494 e. The van der Waals surface area contributed by atoms with E-state index in [1.165, 1.54) is 0 Å². The Balaban J connectivity index is 2.17. The van der Waals surface area contributed by atoms with Gasteiger partial charge in [0.15, 0.2) is 0 Å². The molecule has 0 spiro atoms. The summed E-state index contributed by atoms with van der Waals surface area (Å²) in [4.78, 5) is 0. The van der Waals surface area contributed by atoms with Crippen LogP contribution in [0.1, 0.15) is 39.5 Å². The van der Waals surface area contributed by atoms with E-state index < -0.39 is 0 Å². The fourth-order valence-corrected chi connectivity index (χ4v) is 2.31. The summed E-state index contributed by atoms with van der Waals surface area (Å²) in [7, 11) is 0. The minimum atomic E-state index is 0.665. The van der Waals surface area contributed by atoms with Crippen LogP contribution in [0.5, 0.6) is 11.5 Å². The number of rotatable bonds is 8. The lowest BCUT2D eigenvalue weighted by molar-refractivity contribution is 0.309. The van der Waals surface area contributed by atoms with Crippen molar-refractivity contribution in [3.8, 4) is 11.5 Å². The fourth-order valence-electron chi connectivity index (χ4n) is 2.09. The molecular formula is C18H23ClO2.